The standard InChI is InChI=1S/C16H19Cl2NO3/c17-12-7-4-8-13(16(12)18)19-14(20)10-22-15(21)9-11-5-2-1-3-6-11/h4,7-8,11H,1-3,5-6,9-10H2,(H,19,20). The molecule has 1 aromatic carbocycles. The van der Waals surface area contributed by atoms with Gasteiger partial charge in [-0.25, -0.2) is 0 Å². The van der Waals surface area contributed by atoms with Gasteiger partial charge in [-0.1, -0.05) is 48.5 Å². The number of rotatable bonds is 5. The van der Waals surface area contributed by atoms with Crippen LogP contribution in [0.15, 0.2) is 18.2 Å². The van der Waals surface area contributed by atoms with E-state index in [0.29, 0.717) is 23.0 Å². The number of carbonyl (C=O) groups excluding carboxylic acids is 2. The van der Waals surface area contributed by atoms with Crippen molar-refractivity contribution in [1.29, 1.82) is 0 Å². The fourth-order valence-corrected chi connectivity index (χ4v) is 2.97. The highest BCUT2D eigenvalue weighted by molar-refractivity contribution is 6.43. The molecule has 0 radical (unpaired) electrons. The first kappa shape index (κ1) is 17.1. The van der Waals surface area contributed by atoms with Crippen LogP contribution in [0.1, 0.15) is 38.5 Å². The molecule has 0 aliphatic heterocycles. The molecule has 0 atom stereocenters. The topological polar surface area (TPSA) is 55.4 Å². The summed E-state index contributed by atoms with van der Waals surface area (Å²) in [4.78, 5) is 23.5. The fraction of sp³-hybridized carbons (Fsp3) is 0.500. The van der Waals surface area contributed by atoms with Crippen molar-refractivity contribution in [2.75, 3.05) is 11.9 Å². The van der Waals surface area contributed by atoms with Crippen LogP contribution in [0, 0.1) is 5.92 Å². The Morgan fingerprint density at radius 3 is 2.64 bits per heavy atom. The zero-order chi connectivity index (χ0) is 15.9. The molecule has 0 unspecified atom stereocenters. The molecule has 1 aliphatic rings. The second-order valence-corrected chi connectivity index (χ2v) is 6.30. The molecule has 1 fully saturated rings. The quantitative estimate of drug-likeness (QED) is 0.803. The Balaban J connectivity index is 1.75. The Kier molecular flexibility index (Phi) is 6.52. The molecule has 0 bridgehead atoms. The number of carbonyl (C=O) groups is 2. The number of benzene rings is 1. The van der Waals surface area contributed by atoms with Crippen LogP contribution < -0.4 is 5.32 Å². The molecule has 0 aromatic heterocycles. The fourth-order valence-electron chi connectivity index (χ4n) is 2.62. The predicted molar refractivity (Wildman–Crippen MR) is 87.2 cm³/mol. The van der Waals surface area contributed by atoms with Crippen LogP contribution in [0.5, 0.6) is 0 Å². The minimum absolute atomic E-state index is 0.269. The Labute approximate surface area is 140 Å². The van der Waals surface area contributed by atoms with E-state index in [1.165, 1.54) is 19.3 Å². The number of ether oxygens (including phenoxy) is 1. The number of hydrogen-bond donors (Lipinski definition) is 1. The first-order valence-electron chi connectivity index (χ1n) is 7.45. The summed E-state index contributed by atoms with van der Waals surface area (Å²) in [5, 5.41) is 3.20. The number of anilines is 1. The van der Waals surface area contributed by atoms with Crippen molar-refractivity contribution < 1.29 is 14.3 Å². The van der Waals surface area contributed by atoms with Gasteiger partial charge in [0.15, 0.2) is 6.61 Å². The van der Waals surface area contributed by atoms with E-state index in [0.717, 1.165) is 12.8 Å². The molecule has 1 aliphatic carbocycles. The maximum Gasteiger partial charge on any atom is 0.306 e. The van der Waals surface area contributed by atoms with Crippen LogP contribution in [0.4, 0.5) is 5.69 Å². The molecule has 1 aromatic rings. The number of hydrogen-bond acceptors (Lipinski definition) is 3. The van der Waals surface area contributed by atoms with Crippen molar-refractivity contribution >= 4 is 40.8 Å². The molecule has 1 saturated carbocycles. The molecule has 120 valence electrons. The van der Waals surface area contributed by atoms with Gasteiger partial charge < -0.3 is 10.1 Å². The summed E-state index contributed by atoms with van der Waals surface area (Å²) < 4.78 is 5.02. The van der Waals surface area contributed by atoms with Gasteiger partial charge in [-0.2, -0.15) is 0 Å². The predicted octanol–water partition coefficient (Wildman–Crippen LogP) is 4.45. The summed E-state index contributed by atoms with van der Waals surface area (Å²) in [6.45, 7) is -0.311. The minimum Gasteiger partial charge on any atom is -0.456 e. The highest BCUT2D eigenvalue weighted by atomic mass is 35.5. The summed E-state index contributed by atoms with van der Waals surface area (Å²) in [5.74, 6) is -0.355. The summed E-state index contributed by atoms with van der Waals surface area (Å²) >= 11 is 11.8. The molecule has 1 amide bonds. The lowest BCUT2D eigenvalue weighted by Gasteiger charge is -2.20. The smallest absolute Gasteiger partial charge is 0.306 e. The van der Waals surface area contributed by atoms with Gasteiger partial charge in [0.2, 0.25) is 0 Å². The lowest BCUT2D eigenvalue weighted by molar-refractivity contribution is -0.148. The van der Waals surface area contributed by atoms with E-state index in [9.17, 15) is 9.59 Å². The van der Waals surface area contributed by atoms with E-state index in [-0.39, 0.29) is 17.6 Å². The molecule has 22 heavy (non-hydrogen) atoms. The third kappa shape index (κ3) is 5.18. The lowest BCUT2D eigenvalue weighted by Crippen LogP contribution is -2.22. The van der Waals surface area contributed by atoms with Gasteiger partial charge in [0.1, 0.15) is 0 Å². The van der Waals surface area contributed by atoms with E-state index < -0.39 is 5.91 Å². The van der Waals surface area contributed by atoms with Crippen LogP contribution in [-0.2, 0) is 14.3 Å². The highest BCUT2D eigenvalue weighted by Gasteiger charge is 2.18. The molecule has 2 rings (SSSR count). The van der Waals surface area contributed by atoms with Crippen LogP contribution >= 0.6 is 23.2 Å². The summed E-state index contributed by atoms with van der Waals surface area (Å²) in [6, 6.07) is 4.94. The van der Waals surface area contributed by atoms with Crippen LogP contribution in [-0.4, -0.2) is 18.5 Å². The van der Waals surface area contributed by atoms with Crippen LogP contribution in [0.2, 0.25) is 10.0 Å². The zero-order valence-electron chi connectivity index (χ0n) is 12.2. The zero-order valence-corrected chi connectivity index (χ0v) is 13.8. The second kappa shape index (κ2) is 8.39. The third-order valence-corrected chi connectivity index (χ3v) is 4.59. The van der Waals surface area contributed by atoms with Crippen molar-refractivity contribution in [1.82, 2.24) is 0 Å². The van der Waals surface area contributed by atoms with Crippen LogP contribution in [0.3, 0.4) is 0 Å². The van der Waals surface area contributed by atoms with Gasteiger partial charge in [-0.05, 0) is 30.9 Å². The normalized spacial score (nSPS) is 15.4. The molecule has 0 heterocycles. The molecule has 0 saturated heterocycles. The van der Waals surface area contributed by atoms with Gasteiger partial charge >= 0.3 is 5.97 Å². The Bertz CT molecular complexity index is 542. The summed E-state index contributed by atoms with van der Waals surface area (Å²) in [7, 11) is 0. The Hall–Kier alpha value is -1.26. The minimum atomic E-state index is -0.429. The monoisotopic (exact) mass is 343 g/mol. The second-order valence-electron chi connectivity index (χ2n) is 5.52. The maximum atomic E-state index is 11.8. The van der Waals surface area contributed by atoms with Crippen molar-refractivity contribution in [3.05, 3.63) is 28.2 Å². The first-order valence-corrected chi connectivity index (χ1v) is 8.21. The molecular weight excluding hydrogens is 325 g/mol. The van der Waals surface area contributed by atoms with E-state index >= 15 is 0 Å². The van der Waals surface area contributed by atoms with E-state index in [1.54, 1.807) is 18.2 Å². The van der Waals surface area contributed by atoms with Crippen molar-refractivity contribution in [3.8, 4) is 0 Å². The average Bonchev–Trinajstić information content (AvgIpc) is 2.51. The SMILES string of the molecule is O=C(COC(=O)CC1CCCCC1)Nc1cccc(Cl)c1Cl. The Morgan fingerprint density at radius 1 is 1.18 bits per heavy atom. The molecule has 4 nitrogen and oxygen atoms in total. The average molecular weight is 344 g/mol. The molecule has 0 spiro atoms. The molecule has 1 N–H and O–H groups in total. The van der Waals surface area contributed by atoms with Gasteiger partial charge in [0.05, 0.1) is 15.7 Å². The summed E-state index contributed by atoms with van der Waals surface area (Å²) in [6.07, 6.45) is 6.12. The van der Waals surface area contributed by atoms with Crippen molar-refractivity contribution in [2.24, 2.45) is 5.92 Å². The number of esters is 1. The van der Waals surface area contributed by atoms with Gasteiger partial charge in [0, 0.05) is 6.42 Å². The van der Waals surface area contributed by atoms with Crippen LogP contribution in [0.25, 0.3) is 0 Å². The molecular formula is C16H19Cl2NO3. The third-order valence-electron chi connectivity index (χ3n) is 3.77. The molecule has 6 heteroatoms. The number of halogens is 2. The van der Waals surface area contributed by atoms with E-state index in [2.05, 4.69) is 5.32 Å². The number of amides is 1. The summed E-state index contributed by atoms with van der Waals surface area (Å²) in [5.41, 5.74) is 0.405. The first-order chi connectivity index (χ1) is 10.6. The maximum absolute atomic E-state index is 11.8. The Morgan fingerprint density at radius 2 is 1.91 bits per heavy atom. The van der Waals surface area contributed by atoms with Crippen molar-refractivity contribution in [3.63, 3.8) is 0 Å². The van der Waals surface area contributed by atoms with Gasteiger partial charge in [0.25, 0.3) is 5.91 Å². The van der Waals surface area contributed by atoms with E-state index in [1.807, 2.05) is 0 Å². The lowest BCUT2D eigenvalue weighted by atomic mass is 9.87. The van der Waals surface area contributed by atoms with Crippen molar-refractivity contribution in [2.45, 2.75) is 38.5 Å². The van der Waals surface area contributed by atoms with Gasteiger partial charge in [-0.15, -0.1) is 0 Å². The van der Waals surface area contributed by atoms with E-state index in [4.69, 9.17) is 27.9 Å². The largest absolute Gasteiger partial charge is 0.456 e. The number of nitrogens with one attached hydrogen (secondary N) is 1. The highest BCUT2D eigenvalue weighted by Crippen LogP contribution is 2.29. The van der Waals surface area contributed by atoms with Gasteiger partial charge in [-0.3, -0.25) is 9.59 Å².